The number of hydrogen-bond acceptors (Lipinski definition) is 1. The van der Waals surface area contributed by atoms with Gasteiger partial charge < -0.3 is 5.11 Å². The molecule has 0 unspecified atom stereocenters. The van der Waals surface area contributed by atoms with Crippen molar-refractivity contribution in [3.63, 3.8) is 0 Å². The fraction of sp³-hybridized carbons (Fsp3) is 0.231. The summed E-state index contributed by atoms with van der Waals surface area (Å²) in [5.74, 6) is 0.0575. The van der Waals surface area contributed by atoms with Gasteiger partial charge in [-0.3, -0.25) is 0 Å². The molecular formula is C13H7Cl7O. The van der Waals surface area contributed by atoms with Crippen LogP contribution in [-0.4, -0.2) is 13.2 Å². The fourth-order valence-electron chi connectivity index (χ4n) is 1.90. The van der Waals surface area contributed by atoms with Crippen molar-refractivity contribution in [1.82, 2.24) is 0 Å². The lowest BCUT2D eigenvalue weighted by molar-refractivity contribution is 0.481. The third-order valence-corrected chi connectivity index (χ3v) is 6.92. The van der Waals surface area contributed by atoms with Gasteiger partial charge in [0.1, 0.15) is 5.75 Å². The summed E-state index contributed by atoms with van der Waals surface area (Å²) in [6.07, 6.45) is 0. The largest absolute Gasteiger partial charge is 0.507 e. The maximum atomic E-state index is 9.89. The van der Waals surface area contributed by atoms with Gasteiger partial charge in [-0.2, -0.15) is 0 Å². The number of phenolic OH excluding ortho intramolecular Hbond substituents is 1. The Morgan fingerprint density at radius 1 is 0.714 bits per heavy atom. The molecule has 2 rings (SSSR count). The SMILES string of the molecule is Oc1ccc(C(Cl)(Cl)C(Cl)(Cl)C(Cl)(Cl)Cl)c2ccccc12. The lowest BCUT2D eigenvalue weighted by Crippen LogP contribution is -2.45. The van der Waals surface area contributed by atoms with Crippen molar-refractivity contribution in [2.75, 3.05) is 0 Å². The zero-order valence-corrected chi connectivity index (χ0v) is 15.3. The van der Waals surface area contributed by atoms with Crippen LogP contribution < -0.4 is 0 Å². The van der Waals surface area contributed by atoms with E-state index in [1.807, 2.05) is 0 Å². The molecule has 2 aromatic carbocycles. The molecule has 0 saturated carbocycles. The highest BCUT2D eigenvalue weighted by Gasteiger charge is 2.61. The molecule has 1 N–H and O–H groups in total. The maximum absolute atomic E-state index is 9.89. The highest BCUT2D eigenvalue weighted by atomic mass is 35.6. The third-order valence-electron chi connectivity index (χ3n) is 2.99. The molecule has 114 valence electrons. The molecule has 21 heavy (non-hydrogen) atoms. The number of halogens is 7. The second-order valence-corrected chi connectivity index (χ2v) is 9.26. The topological polar surface area (TPSA) is 20.2 Å². The highest BCUT2D eigenvalue weighted by Crippen LogP contribution is 2.61. The molecule has 0 saturated heterocycles. The first-order chi connectivity index (χ1) is 9.50. The van der Waals surface area contributed by atoms with E-state index in [2.05, 4.69) is 0 Å². The summed E-state index contributed by atoms with van der Waals surface area (Å²) in [4.78, 5) is 0. The second kappa shape index (κ2) is 5.87. The third kappa shape index (κ3) is 2.99. The first-order valence-corrected chi connectivity index (χ1v) is 8.18. The number of benzene rings is 2. The lowest BCUT2D eigenvalue weighted by Gasteiger charge is -2.38. The van der Waals surface area contributed by atoms with Crippen molar-refractivity contribution < 1.29 is 5.11 Å². The predicted octanol–water partition coefficient (Wildman–Crippen LogP) is 6.72. The van der Waals surface area contributed by atoms with E-state index in [0.717, 1.165) is 0 Å². The number of phenols is 1. The van der Waals surface area contributed by atoms with Gasteiger partial charge in [0.2, 0.25) is 8.13 Å². The van der Waals surface area contributed by atoms with Gasteiger partial charge in [-0.15, -0.1) is 0 Å². The summed E-state index contributed by atoms with van der Waals surface area (Å²) in [5.41, 5.74) is 0.315. The smallest absolute Gasteiger partial charge is 0.226 e. The molecular weight excluding hydrogens is 420 g/mol. The molecule has 1 nitrogen and oxygen atoms in total. The quantitative estimate of drug-likeness (QED) is 0.528. The van der Waals surface area contributed by atoms with E-state index in [9.17, 15) is 5.11 Å². The van der Waals surface area contributed by atoms with Crippen LogP contribution in [0.15, 0.2) is 36.4 Å². The van der Waals surface area contributed by atoms with E-state index in [-0.39, 0.29) is 5.75 Å². The number of alkyl halides is 7. The average molecular weight is 427 g/mol. The number of rotatable bonds is 2. The van der Waals surface area contributed by atoms with Crippen LogP contribution in [0.4, 0.5) is 0 Å². The van der Waals surface area contributed by atoms with Crippen molar-refractivity contribution >= 4 is 92.0 Å². The summed E-state index contributed by atoms with van der Waals surface area (Å²) in [6, 6.07) is 9.78. The summed E-state index contributed by atoms with van der Waals surface area (Å²) in [5, 5.41) is 11.0. The zero-order chi connectivity index (χ0) is 16.1. The van der Waals surface area contributed by atoms with Gasteiger partial charge in [-0.25, -0.2) is 0 Å². The molecule has 0 atom stereocenters. The minimum Gasteiger partial charge on any atom is -0.507 e. The molecule has 0 aliphatic rings. The molecule has 0 aliphatic carbocycles. The summed E-state index contributed by atoms with van der Waals surface area (Å²) >= 11 is 42.3. The number of aromatic hydroxyl groups is 1. The average Bonchev–Trinajstić information content (AvgIpc) is 2.37. The Balaban J connectivity index is 2.75. The lowest BCUT2D eigenvalue weighted by atomic mass is 9.99. The Hall–Kier alpha value is 0.530. The first kappa shape index (κ1) is 17.9. The monoisotopic (exact) mass is 424 g/mol. The van der Waals surface area contributed by atoms with Crippen molar-refractivity contribution in [3.8, 4) is 5.75 Å². The first-order valence-electron chi connectivity index (χ1n) is 5.53. The van der Waals surface area contributed by atoms with Crippen molar-refractivity contribution in [2.45, 2.75) is 12.5 Å². The molecule has 0 amide bonds. The van der Waals surface area contributed by atoms with Crippen molar-refractivity contribution in [3.05, 3.63) is 42.0 Å². The van der Waals surface area contributed by atoms with Gasteiger partial charge in [-0.1, -0.05) is 112 Å². The summed E-state index contributed by atoms with van der Waals surface area (Å²) in [7, 11) is 0. The van der Waals surface area contributed by atoms with Crippen LogP contribution in [0.25, 0.3) is 10.8 Å². The zero-order valence-electron chi connectivity index (χ0n) is 10.1. The van der Waals surface area contributed by atoms with Crippen LogP contribution >= 0.6 is 81.2 Å². The van der Waals surface area contributed by atoms with E-state index in [0.29, 0.717) is 16.3 Å². The van der Waals surface area contributed by atoms with Gasteiger partial charge in [-0.05, 0) is 17.0 Å². The number of hydrogen-bond donors (Lipinski definition) is 1. The van der Waals surface area contributed by atoms with E-state index in [1.54, 1.807) is 24.3 Å². The molecule has 0 spiro atoms. The highest BCUT2D eigenvalue weighted by molar-refractivity contribution is 6.78. The normalized spacial score (nSPS) is 13.7. The van der Waals surface area contributed by atoms with Gasteiger partial charge in [0.15, 0.2) is 4.33 Å². The fourth-order valence-corrected chi connectivity index (χ4v) is 3.44. The van der Waals surface area contributed by atoms with Gasteiger partial charge >= 0.3 is 0 Å². The van der Waals surface area contributed by atoms with Crippen molar-refractivity contribution in [1.29, 1.82) is 0 Å². The van der Waals surface area contributed by atoms with Crippen LogP contribution in [0, 0.1) is 0 Å². The Labute approximate surface area is 156 Å². The van der Waals surface area contributed by atoms with Gasteiger partial charge in [0.05, 0.1) is 0 Å². The summed E-state index contributed by atoms with van der Waals surface area (Å²) in [6.45, 7) is 0. The van der Waals surface area contributed by atoms with Crippen LogP contribution in [0.3, 0.4) is 0 Å². The molecule has 0 heterocycles. The van der Waals surface area contributed by atoms with Gasteiger partial charge in [0.25, 0.3) is 0 Å². The summed E-state index contributed by atoms with van der Waals surface area (Å²) < 4.78 is -6.21. The van der Waals surface area contributed by atoms with E-state index in [4.69, 9.17) is 81.2 Å². The van der Waals surface area contributed by atoms with Crippen LogP contribution in [0.1, 0.15) is 5.56 Å². The van der Waals surface area contributed by atoms with Crippen molar-refractivity contribution in [2.24, 2.45) is 0 Å². The second-order valence-electron chi connectivity index (χ2n) is 4.32. The Bertz CT molecular complexity index is 676. The molecule has 0 bridgehead atoms. The van der Waals surface area contributed by atoms with E-state index < -0.39 is 12.5 Å². The predicted molar refractivity (Wildman–Crippen MR) is 93.7 cm³/mol. The van der Waals surface area contributed by atoms with Crippen LogP contribution in [0.2, 0.25) is 0 Å². The van der Waals surface area contributed by atoms with Gasteiger partial charge in [0, 0.05) is 5.39 Å². The Morgan fingerprint density at radius 3 is 1.76 bits per heavy atom. The Kier molecular flexibility index (Phi) is 5.00. The molecule has 0 aromatic heterocycles. The maximum Gasteiger partial charge on any atom is 0.226 e. The molecule has 2 aromatic rings. The Morgan fingerprint density at radius 2 is 1.24 bits per heavy atom. The molecule has 0 fully saturated rings. The minimum absolute atomic E-state index is 0.0575. The van der Waals surface area contributed by atoms with E-state index in [1.165, 1.54) is 12.1 Å². The van der Waals surface area contributed by atoms with Crippen LogP contribution in [-0.2, 0) is 4.33 Å². The molecule has 0 radical (unpaired) electrons. The molecule has 8 heteroatoms. The number of fused-ring (bicyclic) bond motifs is 1. The molecule has 0 aliphatic heterocycles. The minimum atomic E-state index is -2.14. The van der Waals surface area contributed by atoms with Crippen LogP contribution in [0.5, 0.6) is 5.75 Å². The van der Waals surface area contributed by atoms with E-state index >= 15 is 0 Å². The standard InChI is InChI=1S/C13H7Cl7O/c14-11(15,12(16,17)13(18,19)20)9-5-6-10(21)8-4-2-1-3-7(8)9/h1-6,21H.